The molecule has 1 unspecified atom stereocenters. The van der Waals surface area contributed by atoms with Gasteiger partial charge in [0.15, 0.2) is 0 Å². The molecule has 0 spiro atoms. The van der Waals surface area contributed by atoms with E-state index in [1.54, 1.807) is 13.8 Å². The second kappa shape index (κ2) is 10.2. The topological polar surface area (TPSA) is 52.6 Å². The van der Waals surface area contributed by atoms with E-state index in [0.717, 1.165) is 47.6 Å². The summed E-state index contributed by atoms with van der Waals surface area (Å²) in [5.41, 5.74) is 2.64. The van der Waals surface area contributed by atoms with Crippen molar-refractivity contribution in [2.45, 2.75) is 66.2 Å². The lowest BCUT2D eigenvalue weighted by molar-refractivity contribution is -0.131. The number of ether oxygens (including phenoxy) is 2. The Hall–Kier alpha value is -2.88. The Morgan fingerprint density at radius 1 is 0.969 bits per heavy atom. The highest BCUT2D eigenvalue weighted by Gasteiger charge is 2.30. The van der Waals surface area contributed by atoms with Crippen molar-refractivity contribution >= 4 is 22.7 Å². The summed E-state index contributed by atoms with van der Waals surface area (Å²) in [7, 11) is 0. The minimum atomic E-state index is -0.442. The third kappa shape index (κ3) is 5.29. The van der Waals surface area contributed by atoms with Crippen LogP contribution in [0.5, 0.6) is 11.5 Å². The van der Waals surface area contributed by atoms with Crippen LogP contribution < -0.4 is 9.47 Å². The van der Waals surface area contributed by atoms with Crippen molar-refractivity contribution in [2.75, 3.05) is 0 Å². The Balaban J connectivity index is 2.11. The number of esters is 2. The van der Waals surface area contributed by atoms with Crippen LogP contribution in [0.2, 0.25) is 0 Å². The molecule has 4 nitrogen and oxygen atoms in total. The maximum atomic E-state index is 12.5. The van der Waals surface area contributed by atoms with Crippen LogP contribution in [0.15, 0.2) is 48.6 Å². The summed E-state index contributed by atoms with van der Waals surface area (Å²) in [6.07, 6.45) is 6.13. The molecule has 0 aromatic heterocycles. The second-order valence-electron chi connectivity index (χ2n) is 9.43. The van der Waals surface area contributed by atoms with Crippen LogP contribution in [0.25, 0.3) is 10.8 Å². The van der Waals surface area contributed by atoms with Crippen LogP contribution in [0.1, 0.15) is 64.5 Å². The van der Waals surface area contributed by atoms with Gasteiger partial charge in [-0.25, -0.2) is 9.59 Å². The van der Waals surface area contributed by atoms with E-state index in [2.05, 4.69) is 27.0 Å². The fourth-order valence-electron chi connectivity index (χ4n) is 4.35. The number of hydrogen-bond donors (Lipinski definition) is 0. The second-order valence-corrected chi connectivity index (χ2v) is 9.43. The van der Waals surface area contributed by atoms with Crippen molar-refractivity contribution in [1.82, 2.24) is 0 Å². The smallest absolute Gasteiger partial charge is 0.338 e. The summed E-state index contributed by atoms with van der Waals surface area (Å²) in [5, 5.41) is 1.54. The molecular weight excluding hydrogens is 400 g/mol. The maximum Gasteiger partial charge on any atom is 0.338 e. The first-order valence-corrected chi connectivity index (χ1v) is 11.5. The highest BCUT2D eigenvalue weighted by Crippen LogP contribution is 2.46. The first-order chi connectivity index (χ1) is 15.2. The first kappa shape index (κ1) is 23.8. The Morgan fingerprint density at radius 2 is 1.50 bits per heavy atom. The summed E-state index contributed by atoms with van der Waals surface area (Å²) < 4.78 is 11.7. The number of rotatable bonds is 8. The van der Waals surface area contributed by atoms with E-state index in [1.165, 1.54) is 12.8 Å². The SMILES string of the molecule is C=C(C)C(=O)Oc1c2c(c(OC(=O)C(=C)C)c3ccccc13)CC(CCCC(C)C)CC2. The van der Waals surface area contributed by atoms with E-state index in [0.29, 0.717) is 34.5 Å². The van der Waals surface area contributed by atoms with Crippen molar-refractivity contribution in [2.24, 2.45) is 11.8 Å². The quantitative estimate of drug-likeness (QED) is 0.262. The average molecular weight is 435 g/mol. The molecule has 0 fully saturated rings. The minimum Gasteiger partial charge on any atom is -0.422 e. The number of benzene rings is 2. The molecule has 1 aliphatic carbocycles. The van der Waals surface area contributed by atoms with E-state index >= 15 is 0 Å². The predicted octanol–water partition coefficient (Wildman–Crippen LogP) is 6.73. The van der Waals surface area contributed by atoms with Gasteiger partial charge in [0.05, 0.1) is 0 Å². The van der Waals surface area contributed by atoms with Crippen molar-refractivity contribution in [1.29, 1.82) is 0 Å². The fourth-order valence-corrected chi connectivity index (χ4v) is 4.35. The normalized spacial score (nSPS) is 15.3. The zero-order chi connectivity index (χ0) is 23.4. The van der Waals surface area contributed by atoms with Crippen molar-refractivity contribution < 1.29 is 19.1 Å². The molecule has 170 valence electrons. The van der Waals surface area contributed by atoms with Gasteiger partial charge in [0.25, 0.3) is 0 Å². The van der Waals surface area contributed by atoms with Crippen LogP contribution in [-0.4, -0.2) is 11.9 Å². The van der Waals surface area contributed by atoms with E-state index in [4.69, 9.17) is 9.47 Å². The molecule has 0 bridgehead atoms. The molecule has 2 aromatic rings. The summed E-state index contributed by atoms with van der Waals surface area (Å²) in [5.74, 6) is 1.46. The monoisotopic (exact) mass is 434 g/mol. The lowest BCUT2D eigenvalue weighted by atomic mass is 9.79. The summed E-state index contributed by atoms with van der Waals surface area (Å²) >= 11 is 0. The van der Waals surface area contributed by atoms with Gasteiger partial charge >= 0.3 is 11.9 Å². The Kier molecular flexibility index (Phi) is 7.55. The molecule has 0 saturated heterocycles. The highest BCUT2D eigenvalue weighted by atomic mass is 16.5. The van der Waals surface area contributed by atoms with Crippen LogP contribution in [0, 0.1) is 11.8 Å². The lowest BCUT2D eigenvalue weighted by Gasteiger charge is -2.29. The zero-order valence-corrected chi connectivity index (χ0v) is 19.8. The van der Waals surface area contributed by atoms with Crippen LogP contribution in [0.4, 0.5) is 0 Å². The lowest BCUT2D eigenvalue weighted by Crippen LogP contribution is -2.20. The van der Waals surface area contributed by atoms with Gasteiger partial charge in [-0.2, -0.15) is 0 Å². The van der Waals surface area contributed by atoms with Crippen molar-refractivity contribution in [3.63, 3.8) is 0 Å². The molecule has 0 aliphatic heterocycles. The molecule has 1 atom stereocenters. The van der Waals surface area contributed by atoms with E-state index in [9.17, 15) is 9.59 Å². The molecule has 0 N–H and O–H groups in total. The molecule has 0 amide bonds. The number of carbonyl (C=O) groups is 2. The molecule has 0 saturated carbocycles. The molecule has 3 rings (SSSR count). The molecule has 4 heteroatoms. The fraction of sp³-hybridized carbons (Fsp3) is 0.429. The highest BCUT2D eigenvalue weighted by molar-refractivity contribution is 6.01. The van der Waals surface area contributed by atoms with E-state index in [-0.39, 0.29) is 0 Å². The summed E-state index contributed by atoms with van der Waals surface area (Å²) in [6.45, 7) is 15.3. The number of fused-ring (bicyclic) bond motifs is 2. The van der Waals surface area contributed by atoms with Gasteiger partial charge in [0, 0.05) is 33.0 Å². The molecule has 32 heavy (non-hydrogen) atoms. The summed E-state index contributed by atoms with van der Waals surface area (Å²) in [6, 6.07) is 7.62. The standard InChI is InChI=1S/C28H34O4/c1-17(2)10-9-11-20-14-15-23-24(16-20)26(32-28(30)19(5)6)22-13-8-7-12-21(22)25(23)31-27(29)18(3)4/h7-8,12-13,17,20H,3,5,9-11,14-16H2,1-2,4,6H3. The van der Waals surface area contributed by atoms with Gasteiger partial charge in [-0.1, -0.05) is 70.5 Å². The third-order valence-corrected chi connectivity index (χ3v) is 6.10. The van der Waals surface area contributed by atoms with Gasteiger partial charge in [0.2, 0.25) is 0 Å². The molecule has 2 aromatic carbocycles. The largest absolute Gasteiger partial charge is 0.422 e. The van der Waals surface area contributed by atoms with Crippen LogP contribution in [0.3, 0.4) is 0 Å². The maximum absolute atomic E-state index is 12.5. The molecule has 0 radical (unpaired) electrons. The summed E-state index contributed by atoms with van der Waals surface area (Å²) in [4.78, 5) is 24.9. The zero-order valence-electron chi connectivity index (χ0n) is 19.8. The third-order valence-electron chi connectivity index (χ3n) is 6.10. The van der Waals surface area contributed by atoms with E-state index in [1.807, 2.05) is 24.3 Å². The van der Waals surface area contributed by atoms with Crippen LogP contribution >= 0.6 is 0 Å². The molecule has 0 heterocycles. The predicted molar refractivity (Wildman–Crippen MR) is 129 cm³/mol. The van der Waals surface area contributed by atoms with Gasteiger partial charge < -0.3 is 9.47 Å². The number of carbonyl (C=O) groups excluding carboxylic acids is 2. The van der Waals surface area contributed by atoms with Crippen LogP contribution in [-0.2, 0) is 22.4 Å². The first-order valence-electron chi connectivity index (χ1n) is 11.5. The van der Waals surface area contributed by atoms with E-state index < -0.39 is 11.9 Å². The van der Waals surface area contributed by atoms with Gasteiger partial charge in [-0.3, -0.25) is 0 Å². The van der Waals surface area contributed by atoms with Crippen molar-refractivity contribution in [3.8, 4) is 11.5 Å². The Morgan fingerprint density at radius 3 is 2.00 bits per heavy atom. The van der Waals surface area contributed by atoms with Gasteiger partial charge in [0.1, 0.15) is 11.5 Å². The Labute approximate surface area is 191 Å². The van der Waals surface area contributed by atoms with Crippen molar-refractivity contribution in [3.05, 3.63) is 59.7 Å². The average Bonchev–Trinajstić information content (AvgIpc) is 2.75. The molecule has 1 aliphatic rings. The van der Waals surface area contributed by atoms with Gasteiger partial charge in [-0.15, -0.1) is 0 Å². The minimum absolute atomic E-state index is 0.350. The van der Waals surface area contributed by atoms with Gasteiger partial charge in [-0.05, 0) is 44.9 Å². The Bertz CT molecular complexity index is 1060. The molecular formula is C28H34O4. The number of hydrogen-bond acceptors (Lipinski definition) is 4.